The summed E-state index contributed by atoms with van der Waals surface area (Å²) in [6.07, 6.45) is 0. The number of benzene rings is 2. The quantitative estimate of drug-likeness (QED) is 0.795. The van der Waals surface area contributed by atoms with Crippen molar-refractivity contribution in [2.45, 2.75) is 19.8 Å². The Morgan fingerprint density at radius 3 is 2.24 bits per heavy atom. The van der Waals surface area contributed by atoms with Crippen LogP contribution in [0.2, 0.25) is 0 Å². The molecular formula is C17H18N4. The molecule has 0 bridgehead atoms. The highest BCUT2D eigenvalue weighted by Gasteiger charge is 2.12. The SMILES string of the molecule is CC(C)c1ccc(-n2nnc(-c3ccccc3)c2N)cc1. The molecule has 4 nitrogen and oxygen atoms in total. The minimum Gasteiger partial charge on any atom is -0.382 e. The van der Waals surface area contributed by atoms with Crippen molar-refractivity contribution in [2.75, 3.05) is 5.73 Å². The molecule has 0 fully saturated rings. The smallest absolute Gasteiger partial charge is 0.155 e. The highest BCUT2D eigenvalue weighted by molar-refractivity contribution is 5.70. The van der Waals surface area contributed by atoms with Gasteiger partial charge < -0.3 is 5.73 Å². The van der Waals surface area contributed by atoms with Gasteiger partial charge in [-0.2, -0.15) is 4.68 Å². The molecule has 0 atom stereocenters. The second kappa shape index (κ2) is 5.40. The molecule has 1 heterocycles. The van der Waals surface area contributed by atoms with Gasteiger partial charge in [-0.25, -0.2) is 0 Å². The molecule has 0 aliphatic carbocycles. The second-order valence-electron chi connectivity index (χ2n) is 5.35. The summed E-state index contributed by atoms with van der Waals surface area (Å²) in [5, 5.41) is 8.39. The summed E-state index contributed by atoms with van der Waals surface area (Å²) < 4.78 is 1.67. The van der Waals surface area contributed by atoms with Crippen LogP contribution in [0.4, 0.5) is 5.82 Å². The molecule has 4 heteroatoms. The zero-order valence-corrected chi connectivity index (χ0v) is 12.2. The van der Waals surface area contributed by atoms with E-state index < -0.39 is 0 Å². The zero-order valence-electron chi connectivity index (χ0n) is 12.2. The summed E-state index contributed by atoms with van der Waals surface area (Å²) >= 11 is 0. The van der Waals surface area contributed by atoms with Crippen molar-refractivity contribution in [1.29, 1.82) is 0 Å². The average molecular weight is 278 g/mol. The Morgan fingerprint density at radius 1 is 0.952 bits per heavy atom. The van der Waals surface area contributed by atoms with Crippen molar-refractivity contribution in [3.8, 4) is 16.9 Å². The average Bonchev–Trinajstić information content (AvgIpc) is 2.90. The Morgan fingerprint density at radius 2 is 1.62 bits per heavy atom. The van der Waals surface area contributed by atoms with Gasteiger partial charge in [-0.05, 0) is 23.6 Å². The Bertz CT molecular complexity index is 727. The summed E-state index contributed by atoms with van der Waals surface area (Å²) in [6, 6.07) is 18.1. The van der Waals surface area contributed by atoms with Crippen molar-refractivity contribution >= 4 is 5.82 Å². The van der Waals surface area contributed by atoms with Gasteiger partial charge in [0.25, 0.3) is 0 Å². The first-order valence-electron chi connectivity index (χ1n) is 7.03. The summed E-state index contributed by atoms with van der Waals surface area (Å²) in [7, 11) is 0. The minimum atomic E-state index is 0.507. The number of rotatable bonds is 3. The largest absolute Gasteiger partial charge is 0.382 e. The number of hydrogen-bond donors (Lipinski definition) is 1. The summed E-state index contributed by atoms with van der Waals surface area (Å²) in [5.41, 5.74) is 10.1. The van der Waals surface area contributed by atoms with Gasteiger partial charge in [0.2, 0.25) is 0 Å². The normalized spacial score (nSPS) is 11.0. The maximum atomic E-state index is 6.20. The van der Waals surface area contributed by atoms with Gasteiger partial charge in [-0.15, -0.1) is 5.10 Å². The summed E-state index contributed by atoms with van der Waals surface area (Å²) in [5.74, 6) is 1.06. The predicted octanol–water partition coefficient (Wildman–Crippen LogP) is 3.64. The van der Waals surface area contributed by atoms with Crippen molar-refractivity contribution in [1.82, 2.24) is 15.0 Å². The zero-order chi connectivity index (χ0) is 14.8. The lowest BCUT2D eigenvalue weighted by atomic mass is 10.0. The van der Waals surface area contributed by atoms with E-state index in [0.29, 0.717) is 17.4 Å². The molecule has 0 aliphatic rings. The highest BCUT2D eigenvalue weighted by atomic mass is 15.5. The second-order valence-corrected chi connectivity index (χ2v) is 5.35. The van der Waals surface area contributed by atoms with Crippen LogP contribution in [0.3, 0.4) is 0 Å². The van der Waals surface area contributed by atoms with E-state index in [1.54, 1.807) is 4.68 Å². The van der Waals surface area contributed by atoms with Crippen molar-refractivity contribution in [3.05, 3.63) is 60.2 Å². The first kappa shape index (κ1) is 13.4. The molecule has 106 valence electrons. The van der Waals surface area contributed by atoms with Crippen LogP contribution >= 0.6 is 0 Å². The van der Waals surface area contributed by atoms with E-state index in [1.165, 1.54) is 5.56 Å². The van der Waals surface area contributed by atoms with E-state index in [-0.39, 0.29) is 0 Å². The third-order valence-electron chi connectivity index (χ3n) is 3.56. The van der Waals surface area contributed by atoms with Crippen LogP contribution < -0.4 is 5.73 Å². The van der Waals surface area contributed by atoms with E-state index in [4.69, 9.17) is 5.73 Å². The van der Waals surface area contributed by atoms with Crippen molar-refractivity contribution in [2.24, 2.45) is 0 Å². The fourth-order valence-corrected chi connectivity index (χ4v) is 2.28. The van der Waals surface area contributed by atoms with Gasteiger partial charge in [0.05, 0.1) is 5.69 Å². The van der Waals surface area contributed by atoms with Crippen molar-refractivity contribution in [3.63, 3.8) is 0 Å². The van der Waals surface area contributed by atoms with E-state index >= 15 is 0 Å². The molecule has 0 unspecified atom stereocenters. The predicted molar refractivity (Wildman–Crippen MR) is 85.3 cm³/mol. The summed E-state index contributed by atoms with van der Waals surface area (Å²) in [6.45, 7) is 4.35. The first-order valence-corrected chi connectivity index (χ1v) is 7.03. The van der Waals surface area contributed by atoms with E-state index in [9.17, 15) is 0 Å². The van der Waals surface area contributed by atoms with Gasteiger partial charge in [-0.1, -0.05) is 61.5 Å². The van der Waals surface area contributed by atoms with E-state index in [0.717, 1.165) is 11.3 Å². The third kappa shape index (κ3) is 2.52. The molecule has 3 aromatic rings. The number of anilines is 1. The van der Waals surface area contributed by atoms with Gasteiger partial charge in [0.1, 0.15) is 5.69 Å². The van der Waals surface area contributed by atoms with Crippen LogP contribution in [0.5, 0.6) is 0 Å². The molecule has 0 saturated carbocycles. The topological polar surface area (TPSA) is 56.7 Å². The Labute approximate surface area is 124 Å². The number of aromatic nitrogens is 3. The fraction of sp³-hybridized carbons (Fsp3) is 0.176. The lowest BCUT2D eigenvalue weighted by Crippen LogP contribution is -2.02. The van der Waals surface area contributed by atoms with Gasteiger partial charge >= 0.3 is 0 Å². The molecular weight excluding hydrogens is 260 g/mol. The molecule has 1 aromatic heterocycles. The molecule has 0 spiro atoms. The molecule has 0 radical (unpaired) electrons. The van der Waals surface area contributed by atoms with Crippen LogP contribution in [0.15, 0.2) is 54.6 Å². The molecule has 0 saturated heterocycles. The van der Waals surface area contributed by atoms with Crippen LogP contribution in [0, 0.1) is 0 Å². The van der Waals surface area contributed by atoms with Gasteiger partial charge in [-0.3, -0.25) is 0 Å². The highest BCUT2D eigenvalue weighted by Crippen LogP contribution is 2.25. The van der Waals surface area contributed by atoms with Gasteiger partial charge in [0, 0.05) is 5.56 Å². The van der Waals surface area contributed by atoms with E-state index in [1.807, 2.05) is 42.5 Å². The molecule has 3 rings (SSSR count). The lowest BCUT2D eigenvalue weighted by Gasteiger charge is -2.07. The van der Waals surface area contributed by atoms with Crippen LogP contribution in [-0.2, 0) is 0 Å². The number of nitrogens with two attached hydrogens (primary N) is 1. The molecule has 21 heavy (non-hydrogen) atoms. The maximum absolute atomic E-state index is 6.20. The standard InChI is InChI=1S/C17H18N4/c1-12(2)13-8-10-15(11-9-13)21-17(18)16(19-20-21)14-6-4-3-5-7-14/h3-12H,18H2,1-2H3. The Kier molecular flexibility index (Phi) is 3.44. The monoisotopic (exact) mass is 278 g/mol. The van der Waals surface area contributed by atoms with Crippen LogP contribution in [0.25, 0.3) is 16.9 Å². The number of hydrogen-bond acceptors (Lipinski definition) is 3. The lowest BCUT2D eigenvalue weighted by molar-refractivity contribution is 0.807. The third-order valence-corrected chi connectivity index (χ3v) is 3.56. The Hall–Kier alpha value is -2.62. The fourth-order valence-electron chi connectivity index (χ4n) is 2.28. The molecule has 2 aromatic carbocycles. The molecule has 0 amide bonds. The number of nitrogens with zero attached hydrogens (tertiary/aromatic N) is 3. The van der Waals surface area contributed by atoms with E-state index in [2.05, 4.69) is 36.3 Å². The van der Waals surface area contributed by atoms with Crippen LogP contribution in [-0.4, -0.2) is 15.0 Å². The maximum Gasteiger partial charge on any atom is 0.155 e. The summed E-state index contributed by atoms with van der Waals surface area (Å²) in [4.78, 5) is 0. The van der Waals surface area contributed by atoms with Gasteiger partial charge in [0.15, 0.2) is 5.82 Å². The van der Waals surface area contributed by atoms with Crippen molar-refractivity contribution < 1.29 is 0 Å². The Balaban J connectivity index is 1.99. The minimum absolute atomic E-state index is 0.507. The molecule has 2 N–H and O–H groups in total. The first-order chi connectivity index (χ1) is 10.2. The molecule has 0 aliphatic heterocycles. The van der Waals surface area contributed by atoms with Crippen LogP contribution in [0.1, 0.15) is 25.3 Å². The number of nitrogen functional groups attached to an aromatic ring is 1.